The van der Waals surface area contributed by atoms with Gasteiger partial charge in [-0.2, -0.15) is 5.10 Å². The Morgan fingerprint density at radius 3 is 2.95 bits per heavy atom. The molecule has 2 N–H and O–H groups in total. The summed E-state index contributed by atoms with van der Waals surface area (Å²) in [5.74, 6) is 1.32. The Bertz CT molecular complexity index is 535. The highest BCUT2D eigenvalue weighted by Gasteiger charge is 2.23. The van der Waals surface area contributed by atoms with E-state index in [4.69, 9.17) is 11.6 Å². The van der Waals surface area contributed by atoms with Crippen molar-refractivity contribution in [3.05, 3.63) is 21.6 Å². The van der Waals surface area contributed by atoms with Crippen LogP contribution in [0.25, 0.3) is 0 Å². The van der Waals surface area contributed by atoms with Crippen LogP contribution in [0, 0.1) is 11.8 Å². The van der Waals surface area contributed by atoms with E-state index in [0.717, 1.165) is 32.6 Å². The number of hydrogen-bond acceptors (Lipinski definition) is 4. The van der Waals surface area contributed by atoms with Crippen molar-refractivity contribution in [3.8, 4) is 0 Å². The van der Waals surface area contributed by atoms with Gasteiger partial charge in [-0.1, -0.05) is 11.6 Å². The van der Waals surface area contributed by atoms with Gasteiger partial charge in [-0.25, -0.2) is 4.68 Å². The third-order valence-corrected chi connectivity index (χ3v) is 4.67. The SMILES string of the molecule is O=c1c(NCCC2CCCNC2)c(Cl)cnn1CC1CC1. The average molecular weight is 311 g/mol. The summed E-state index contributed by atoms with van der Waals surface area (Å²) in [4.78, 5) is 12.4. The number of nitrogens with one attached hydrogen (secondary N) is 2. The largest absolute Gasteiger partial charge is 0.379 e. The molecule has 1 saturated carbocycles. The molecule has 1 unspecified atom stereocenters. The third-order valence-electron chi connectivity index (χ3n) is 4.38. The zero-order valence-corrected chi connectivity index (χ0v) is 13.0. The van der Waals surface area contributed by atoms with Crippen molar-refractivity contribution in [1.29, 1.82) is 0 Å². The highest BCUT2D eigenvalue weighted by atomic mass is 35.5. The van der Waals surface area contributed by atoms with Gasteiger partial charge in [-0.3, -0.25) is 4.79 Å². The number of nitrogens with zero attached hydrogens (tertiary/aromatic N) is 2. The van der Waals surface area contributed by atoms with Gasteiger partial charge in [0.25, 0.3) is 5.56 Å². The molecule has 1 atom stereocenters. The molecule has 0 aromatic carbocycles. The standard InChI is InChI=1S/C15H23ClN4O/c16-13-9-19-20(10-12-3-4-12)15(21)14(13)18-7-5-11-2-1-6-17-8-11/h9,11-12,17-18H,1-8,10H2. The highest BCUT2D eigenvalue weighted by Crippen LogP contribution is 2.30. The van der Waals surface area contributed by atoms with Crippen LogP contribution in [0.5, 0.6) is 0 Å². The molecule has 1 saturated heterocycles. The van der Waals surface area contributed by atoms with Gasteiger partial charge in [0.05, 0.1) is 11.2 Å². The number of aromatic nitrogens is 2. The molecule has 1 aliphatic heterocycles. The van der Waals surface area contributed by atoms with Crippen LogP contribution in [0.2, 0.25) is 5.02 Å². The van der Waals surface area contributed by atoms with Crippen molar-refractivity contribution in [3.63, 3.8) is 0 Å². The Morgan fingerprint density at radius 2 is 2.24 bits per heavy atom. The lowest BCUT2D eigenvalue weighted by atomic mass is 9.96. The van der Waals surface area contributed by atoms with Crippen LogP contribution in [0.1, 0.15) is 32.1 Å². The molecule has 0 bridgehead atoms. The Labute approximate surface area is 130 Å². The zero-order chi connectivity index (χ0) is 14.7. The molecule has 1 aromatic heterocycles. The molecule has 2 aliphatic rings. The van der Waals surface area contributed by atoms with Crippen LogP contribution >= 0.6 is 11.6 Å². The molecule has 1 aliphatic carbocycles. The molecular formula is C15H23ClN4O. The molecule has 0 spiro atoms. The van der Waals surface area contributed by atoms with E-state index in [1.807, 2.05) is 0 Å². The quantitative estimate of drug-likeness (QED) is 0.845. The van der Waals surface area contributed by atoms with Gasteiger partial charge >= 0.3 is 0 Å². The first-order valence-electron chi connectivity index (χ1n) is 7.94. The second-order valence-corrected chi connectivity index (χ2v) is 6.63. The lowest BCUT2D eigenvalue weighted by molar-refractivity contribution is 0.364. The minimum absolute atomic E-state index is 0.0869. The van der Waals surface area contributed by atoms with Crippen molar-refractivity contribution < 1.29 is 0 Å². The molecule has 0 radical (unpaired) electrons. The maximum absolute atomic E-state index is 12.4. The maximum Gasteiger partial charge on any atom is 0.291 e. The van der Waals surface area contributed by atoms with E-state index in [1.165, 1.54) is 25.7 Å². The number of piperidine rings is 1. The monoisotopic (exact) mass is 310 g/mol. The summed E-state index contributed by atoms with van der Waals surface area (Å²) in [7, 11) is 0. The molecule has 6 heteroatoms. The average Bonchev–Trinajstić information content (AvgIpc) is 3.31. The van der Waals surface area contributed by atoms with E-state index in [9.17, 15) is 4.79 Å². The van der Waals surface area contributed by atoms with Crippen LogP contribution < -0.4 is 16.2 Å². The summed E-state index contributed by atoms with van der Waals surface area (Å²) in [6.45, 7) is 3.72. The van der Waals surface area contributed by atoms with Gasteiger partial charge in [-0.15, -0.1) is 0 Å². The van der Waals surface area contributed by atoms with Gasteiger partial charge in [-0.05, 0) is 57.0 Å². The van der Waals surface area contributed by atoms with Gasteiger partial charge in [0.1, 0.15) is 5.69 Å². The first kappa shape index (κ1) is 14.9. The van der Waals surface area contributed by atoms with Crippen LogP contribution in [0.15, 0.2) is 11.0 Å². The second kappa shape index (κ2) is 6.79. The summed E-state index contributed by atoms with van der Waals surface area (Å²) >= 11 is 6.12. The van der Waals surface area contributed by atoms with Crippen molar-refractivity contribution in [2.75, 3.05) is 25.0 Å². The van der Waals surface area contributed by atoms with Crippen LogP contribution in [-0.2, 0) is 6.54 Å². The summed E-state index contributed by atoms with van der Waals surface area (Å²) < 4.78 is 1.55. The van der Waals surface area contributed by atoms with Crippen LogP contribution in [0.3, 0.4) is 0 Å². The zero-order valence-electron chi connectivity index (χ0n) is 12.3. The van der Waals surface area contributed by atoms with E-state index in [1.54, 1.807) is 10.9 Å². The number of rotatable bonds is 6. The third kappa shape index (κ3) is 3.98. The predicted molar refractivity (Wildman–Crippen MR) is 84.9 cm³/mol. The van der Waals surface area contributed by atoms with E-state index in [2.05, 4.69) is 15.7 Å². The van der Waals surface area contributed by atoms with Gasteiger partial charge < -0.3 is 10.6 Å². The summed E-state index contributed by atoms with van der Waals surface area (Å²) in [6.07, 6.45) is 7.56. The first-order valence-corrected chi connectivity index (χ1v) is 8.32. The number of anilines is 1. The fourth-order valence-corrected chi connectivity index (χ4v) is 3.07. The summed E-state index contributed by atoms with van der Waals surface area (Å²) in [5.41, 5.74) is 0.423. The first-order chi connectivity index (χ1) is 10.2. The normalized spacial score (nSPS) is 22.2. The fourth-order valence-electron chi connectivity index (χ4n) is 2.88. The topological polar surface area (TPSA) is 59.0 Å². The maximum atomic E-state index is 12.4. The lowest BCUT2D eigenvalue weighted by Gasteiger charge is -2.22. The van der Waals surface area contributed by atoms with Gasteiger partial charge in [0.15, 0.2) is 0 Å². The molecule has 21 heavy (non-hydrogen) atoms. The van der Waals surface area contributed by atoms with Crippen molar-refractivity contribution in [1.82, 2.24) is 15.1 Å². The van der Waals surface area contributed by atoms with Crippen molar-refractivity contribution >= 4 is 17.3 Å². The van der Waals surface area contributed by atoms with E-state index >= 15 is 0 Å². The molecule has 2 fully saturated rings. The smallest absolute Gasteiger partial charge is 0.291 e. The molecule has 5 nitrogen and oxygen atoms in total. The Balaban J connectivity index is 1.59. The second-order valence-electron chi connectivity index (χ2n) is 6.23. The van der Waals surface area contributed by atoms with Crippen molar-refractivity contribution in [2.24, 2.45) is 11.8 Å². The summed E-state index contributed by atoms with van der Waals surface area (Å²) in [5, 5.41) is 11.2. The molecule has 116 valence electrons. The summed E-state index contributed by atoms with van der Waals surface area (Å²) in [6, 6.07) is 0. The van der Waals surface area contributed by atoms with E-state index in [0.29, 0.717) is 22.5 Å². The minimum Gasteiger partial charge on any atom is -0.379 e. The van der Waals surface area contributed by atoms with E-state index < -0.39 is 0 Å². The van der Waals surface area contributed by atoms with Crippen LogP contribution in [-0.4, -0.2) is 29.4 Å². The lowest BCUT2D eigenvalue weighted by Crippen LogP contribution is -2.31. The molecule has 3 rings (SSSR count). The molecule has 1 aromatic rings. The van der Waals surface area contributed by atoms with Crippen molar-refractivity contribution in [2.45, 2.75) is 38.6 Å². The number of hydrogen-bond donors (Lipinski definition) is 2. The highest BCUT2D eigenvalue weighted by molar-refractivity contribution is 6.32. The van der Waals surface area contributed by atoms with E-state index in [-0.39, 0.29) is 5.56 Å². The molecule has 2 heterocycles. The van der Waals surface area contributed by atoms with Gasteiger partial charge in [0.2, 0.25) is 0 Å². The Kier molecular flexibility index (Phi) is 4.80. The predicted octanol–water partition coefficient (Wildman–Crippen LogP) is 2.11. The van der Waals surface area contributed by atoms with Gasteiger partial charge in [0, 0.05) is 13.1 Å². The number of halogens is 1. The fraction of sp³-hybridized carbons (Fsp3) is 0.733. The molecular weight excluding hydrogens is 288 g/mol. The van der Waals surface area contributed by atoms with Crippen LogP contribution in [0.4, 0.5) is 5.69 Å². The minimum atomic E-state index is -0.0869. The Hall–Kier alpha value is -1.07. The molecule has 0 amide bonds. The Morgan fingerprint density at radius 1 is 1.38 bits per heavy atom.